The van der Waals surface area contributed by atoms with E-state index >= 15 is 0 Å². The lowest BCUT2D eigenvalue weighted by molar-refractivity contribution is -0.384. The molecule has 4 N–H and O–H groups in total. The summed E-state index contributed by atoms with van der Waals surface area (Å²) < 4.78 is 1.57. The molecular weight excluding hydrogens is 334 g/mol. The largest absolute Gasteiger partial charge is 0.365 e. The molecular formula is C18H13N5O3. The summed E-state index contributed by atoms with van der Waals surface area (Å²) in [7, 11) is 0. The number of nitrogens with zero attached hydrogens (tertiary/aromatic N) is 2. The van der Waals surface area contributed by atoms with Crippen LogP contribution in [0.5, 0.6) is 0 Å². The predicted octanol–water partition coefficient (Wildman–Crippen LogP) is 2.60. The van der Waals surface area contributed by atoms with Crippen LogP contribution in [0.1, 0.15) is 10.4 Å². The Morgan fingerprint density at radius 2 is 1.81 bits per heavy atom. The van der Waals surface area contributed by atoms with E-state index in [1.165, 1.54) is 12.1 Å². The van der Waals surface area contributed by atoms with E-state index in [0.29, 0.717) is 16.7 Å². The van der Waals surface area contributed by atoms with Crippen molar-refractivity contribution in [2.45, 2.75) is 0 Å². The molecule has 8 heteroatoms. The number of nitrogens with one attached hydrogen (secondary N) is 2. The van der Waals surface area contributed by atoms with Crippen LogP contribution in [0.25, 0.3) is 27.6 Å². The minimum Gasteiger partial charge on any atom is -0.365 e. The maximum Gasteiger partial charge on any atom is 0.269 e. The van der Waals surface area contributed by atoms with Crippen LogP contribution < -0.4 is 11.2 Å². The number of non-ortho nitro benzene ring substituents is 1. The number of aromatic nitrogens is 2. The molecule has 0 fully saturated rings. The average Bonchev–Trinajstić information content (AvgIpc) is 2.99. The minimum absolute atomic E-state index is 0.0536. The van der Waals surface area contributed by atoms with E-state index in [9.17, 15) is 14.9 Å². The SMILES string of the molecule is N=c1c(C(N)=O)cc2[nH]c3ccccc3c2n1-c1ccc([N+](=O)[O-])cc1. The molecule has 26 heavy (non-hydrogen) atoms. The van der Waals surface area contributed by atoms with Crippen molar-refractivity contribution in [3.8, 4) is 5.69 Å². The number of nitro groups is 1. The van der Waals surface area contributed by atoms with Gasteiger partial charge in [-0.25, -0.2) is 0 Å². The Balaban J connectivity index is 2.14. The number of carbonyl (C=O) groups excluding carboxylic acids is 1. The van der Waals surface area contributed by atoms with Crippen molar-refractivity contribution < 1.29 is 9.72 Å². The van der Waals surface area contributed by atoms with Gasteiger partial charge >= 0.3 is 0 Å². The molecule has 0 saturated carbocycles. The molecule has 0 atom stereocenters. The third-order valence-electron chi connectivity index (χ3n) is 4.28. The number of rotatable bonds is 3. The van der Waals surface area contributed by atoms with Gasteiger partial charge in [-0.3, -0.25) is 24.9 Å². The number of aromatic amines is 1. The monoisotopic (exact) mass is 347 g/mol. The van der Waals surface area contributed by atoms with Crippen molar-refractivity contribution >= 4 is 33.5 Å². The summed E-state index contributed by atoms with van der Waals surface area (Å²) in [6.45, 7) is 0. The molecule has 0 aliphatic carbocycles. The van der Waals surface area contributed by atoms with Crippen LogP contribution in [0.15, 0.2) is 54.6 Å². The third-order valence-corrected chi connectivity index (χ3v) is 4.28. The Bertz CT molecular complexity index is 1250. The van der Waals surface area contributed by atoms with Crippen molar-refractivity contribution in [2.24, 2.45) is 5.73 Å². The molecule has 2 aromatic heterocycles. The fourth-order valence-corrected chi connectivity index (χ4v) is 3.11. The van der Waals surface area contributed by atoms with Crippen molar-refractivity contribution in [3.63, 3.8) is 0 Å². The molecule has 0 aliphatic rings. The lowest BCUT2D eigenvalue weighted by Gasteiger charge is -2.12. The zero-order valence-electron chi connectivity index (χ0n) is 13.4. The van der Waals surface area contributed by atoms with Gasteiger partial charge in [0.25, 0.3) is 11.6 Å². The van der Waals surface area contributed by atoms with Gasteiger partial charge in [0.05, 0.1) is 21.5 Å². The summed E-state index contributed by atoms with van der Waals surface area (Å²) in [6.07, 6.45) is 0. The number of pyridine rings is 1. The Labute approximate surface area is 146 Å². The Kier molecular flexibility index (Phi) is 3.33. The summed E-state index contributed by atoms with van der Waals surface area (Å²) in [5.41, 5.74) is 8.08. The maximum atomic E-state index is 11.8. The molecule has 0 bridgehead atoms. The molecule has 2 aromatic carbocycles. The van der Waals surface area contributed by atoms with Gasteiger partial charge in [0.2, 0.25) is 0 Å². The van der Waals surface area contributed by atoms with Gasteiger partial charge in [0.1, 0.15) is 5.49 Å². The minimum atomic E-state index is -0.716. The topological polar surface area (TPSA) is 131 Å². The van der Waals surface area contributed by atoms with Crippen LogP contribution in [0.3, 0.4) is 0 Å². The number of carbonyl (C=O) groups is 1. The smallest absolute Gasteiger partial charge is 0.269 e. The van der Waals surface area contributed by atoms with E-state index in [2.05, 4.69) is 4.98 Å². The molecule has 0 unspecified atom stereocenters. The van der Waals surface area contributed by atoms with E-state index < -0.39 is 10.8 Å². The molecule has 0 aliphatic heterocycles. The lowest BCUT2D eigenvalue weighted by atomic mass is 10.1. The molecule has 4 rings (SSSR count). The molecule has 128 valence electrons. The standard InChI is InChI=1S/C18H13N5O3/c19-17-13(18(20)24)9-15-16(12-3-1-2-4-14(12)21-15)22(17)10-5-7-11(8-6-10)23(25)26/h1-9,19,21H,(H2,20,24). The Morgan fingerprint density at radius 3 is 2.46 bits per heavy atom. The summed E-state index contributed by atoms with van der Waals surface area (Å²) in [5.74, 6) is -0.716. The zero-order chi connectivity index (χ0) is 18.4. The first-order valence-electron chi connectivity index (χ1n) is 7.73. The number of primary amides is 1. The van der Waals surface area contributed by atoms with Crippen LogP contribution >= 0.6 is 0 Å². The van der Waals surface area contributed by atoms with Gasteiger partial charge in [-0.2, -0.15) is 0 Å². The quantitative estimate of drug-likeness (QED) is 0.389. The summed E-state index contributed by atoms with van der Waals surface area (Å²) in [6, 6.07) is 14.9. The van der Waals surface area contributed by atoms with Crippen LogP contribution in [-0.4, -0.2) is 20.4 Å². The highest BCUT2D eigenvalue weighted by Crippen LogP contribution is 2.27. The van der Waals surface area contributed by atoms with Crippen molar-refractivity contribution in [2.75, 3.05) is 0 Å². The number of nitrogens with two attached hydrogens (primary N) is 1. The summed E-state index contributed by atoms with van der Waals surface area (Å²) >= 11 is 0. The number of benzene rings is 2. The highest BCUT2D eigenvalue weighted by atomic mass is 16.6. The third kappa shape index (κ3) is 2.24. The van der Waals surface area contributed by atoms with E-state index in [0.717, 1.165) is 10.9 Å². The van der Waals surface area contributed by atoms with Crippen LogP contribution in [0.2, 0.25) is 0 Å². The number of amides is 1. The molecule has 0 saturated heterocycles. The lowest BCUT2D eigenvalue weighted by Crippen LogP contribution is -2.29. The highest BCUT2D eigenvalue weighted by Gasteiger charge is 2.16. The number of nitro benzene ring substituents is 1. The van der Waals surface area contributed by atoms with Crippen LogP contribution in [-0.2, 0) is 0 Å². The number of hydrogen-bond donors (Lipinski definition) is 3. The van der Waals surface area contributed by atoms with Crippen molar-refractivity contribution in [3.05, 3.63) is 75.8 Å². The highest BCUT2D eigenvalue weighted by molar-refractivity contribution is 6.07. The number of hydrogen-bond acceptors (Lipinski definition) is 4. The molecule has 0 radical (unpaired) electrons. The van der Waals surface area contributed by atoms with Gasteiger partial charge in [-0.05, 0) is 24.3 Å². The molecule has 0 spiro atoms. The number of fused-ring (bicyclic) bond motifs is 3. The van der Waals surface area contributed by atoms with E-state index in [-0.39, 0.29) is 16.7 Å². The van der Waals surface area contributed by atoms with Crippen molar-refractivity contribution in [1.29, 1.82) is 5.41 Å². The molecule has 1 amide bonds. The Morgan fingerprint density at radius 1 is 1.12 bits per heavy atom. The summed E-state index contributed by atoms with van der Waals surface area (Å²) in [5, 5.41) is 20.2. The van der Waals surface area contributed by atoms with E-state index in [1.807, 2.05) is 24.3 Å². The maximum absolute atomic E-state index is 11.8. The fourth-order valence-electron chi connectivity index (χ4n) is 3.11. The summed E-state index contributed by atoms with van der Waals surface area (Å²) in [4.78, 5) is 25.4. The fraction of sp³-hybridized carbons (Fsp3) is 0. The van der Waals surface area contributed by atoms with Gasteiger partial charge in [0.15, 0.2) is 0 Å². The van der Waals surface area contributed by atoms with E-state index in [4.69, 9.17) is 11.1 Å². The van der Waals surface area contributed by atoms with Crippen LogP contribution in [0.4, 0.5) is 5.69 Å². The predicted molar refractivity (Wildman–Crippen MR) is 96.2 cm³/mol. The van der Waals surface area contributed by atoms with Crippen LogP contribution in [0, 0.1) is 15.5 Å². The normalized spacial score (nSPS) is 11.1. The second kappa shape index (κ2) is 5.55. The van der Waals surface area contributed by atoms with Crippen molar-refractivity contribution in [1.82, 2.24) is 9.55 Å². The Hall–Kier alpha value is -3.94. The number of para-hydroxylation sites is 1. The first-order chi connectivity index (χ1) is 12.5. The second-order valence-electron chi connectivity index (χ2n) is 5.81. The molecule has 4 aromatic rings. The second-order valence-corrected chi connectivity index (χ2v) is 5.81. The first-order valence-corrected chi connectivity index (χ1v) is 7.73. The molecule has 2 heterocycles. The zero-order valence-corrected chi connectivity index (χ0v) is 13.4. The van der Waals surface area contributed by atoms with Gasteiger partial charge in [-0.1, -0.05) is 18.2 Å². The molecule has 8 nitrogen and oxygen atoms in total. The first kappa shape index (κ1) is 15.6. The number of H-pyrrole nitrogens is 1. The van der Waals surface area contributed by atoms with Gasteiger partial charge in [0, 0.05) is 28.7 Å². The van der Waals surface area contributed by atoms with Gasteiger partial charge in [-0.15, -0.1) is 0 Å². The average molecular weight is 347 g/mol. The van der Waals surface area contributed by atoms with E-state index in [1.54, 1.807) is 22.8 Å². The van der Waals surface area contributed by atoms with Gasteiger partial charge < -0.3 is 10.7 Å².